The second kappa shape index (κ2) is 17.0. The van der Waals surface area contributed by atoms with Crippen LogP contribution < -0.4 is 11.5 Å². The fraction of sp³-hybridized carbons (Fsp3) is 0.308. The van der Waals surface area contributed by atoms with Gasteiger partial charge in [0.25, 0.3) is 0 Å². The van der Waals surface area contributed by atoms with Gasteiger partial charge in [0.15, 0.2) is 0 Å². The van der Waals surface area contributed by atoms with E-state index in [1.807, 2.05) is 42.5 Å². The zero-order valence-corrected chi connectivity index (χ0v) is 22.3. The Morgan fingerprint density at radius 3 is 2.25 bits per heavy atom. The summed E-state index contributed by atoms with van der Waals surface area (Å²) in [5, 5.41) is 0.499. The summed E-state index contributed by atoms with van der Waals surface area (Å²) in [5.41, 5.74) is 14.4. The largest absolute Gasteiger partial charge is 2.00 e. The van der Waals surface area contributed by atoms with E-state index in [4.69, 9.17) is 23.1 Å². The van der Waals surface area contributed by atoms with Crippen LogP contribution in [0.2, 0.25) is 5.02 Å². The van der Waals surface area contributed by atoms with Crippen molar-refractivity contribution >= 4 is 11.6 Å². The maximum atomic E-state index is 14.1. The summed E-state index contributed by atoms with van der Waals surface area (Å²) >= 11 is 6.28. The second-order valence-corrected chi connectivity index (χ2v) is 7.59. The topological polar surface area (TPSA) is 85.5 Å². The number of unbranched alkanes of at least 4 members (excludes halogenated alkanes) is 3. The molecule has 0 saturated heterocycles. The third-order valence-electron chi connectivity index (χ3n) is 4.96. The second-order valence-electron chi connectivity index (χ2n) is 7.18. The molecule has 6 N–H and O–H groups in total. The Hall–Kier alpha value is -1.55. The number of rotatable bonds is 8. The Morgan fingerprint density at radius 1 is 0.938 bits per heavy atom. The molecule has 0 fully saturated rings. The fourth-order valence-corrected chi connectivity index (χ4v) is 3.51. The molecule has 0 aliphatic carbocycles. The fourth-order valence-electron chi connectivity index (χ4n) is 3.30. The molecule has 6 heteroatoms. The van der Waals surface area contributed by atoms with Crippen molar-refractivity contribution in [2.75, 3.05) is 13.1 Å². The summed E-state index contributed by atoms with van der Waals surface area (Å²) in [4.78, 5) is 0. The van der Waals surface area contributed by atoms with Gasteiger partial charge < -0.3 is 17.6 Å². The standard InChI is InChI=1S/C20H16ClFN.C6H15N.H2N.W/c21-19-11-10-15(18(13-23)14-6-2-1-3-7-14)12-17(19)16-8-4-5-9-20(16)22;1-2-3-4-5-6-7;;/h1-7,9-12,18H,13,23H2;2-7H2,1H3;1H2;/q-1;;-1;+2. The van der Waals surface area contributed by atoms with Gasteiger partial charge in [0.2, 0.25) is 0 Å². The molecular weight excluding hydrogens is 593 g/mol. The first-order valence-electron chi connectivity index (χ1n) is 10.5. The summed E-state index contributed by atoms with van der Waals surface area (Å²) in [6.45, 7) is 3.53. The number of hydrogen-bond donors (Lipinski definition) is 2. The predicted octanol–water partition coefficient (Wildman–Crippen LogP) is 7.28. The molecule has 1 atom stereocenters. The van der Waals surface area contributed by atoms with Crippen molar-refractivity contribution in [3.05, 3.63) is 101 Å². The van der Waals surface area contributed by atoms with E-state index in [0.29, 0.717) is 22.7 Å². The molecule has 32 heavy (non-hydrogen) atoms. The molecule has 0 saturated carbocycles. The maximum Gasteiger partial charge on any atom is 2.00 e. The molecule has 3 aromatic carbocycles. The molecule has 0 aliphatic rings. The van der Waals surface area contributed by atoms with Crippen LogP contribution in [0, 0.1) is 11.9 Å². The van der Waals surface area contributed by atoms with Crippen LogP contribution in [-0.4, -0.2) is 13.1 Å². The minimum absolute atomic E-state index is 0. The van der Waals surface area contributed by atoms with E-state index in [1.54, 1.807) is 18.2 Å². The molecule has 172 valence electrons. The predicted molar refractivity (Wildman–Crippen MR) is 132 cm³/mol. The van der Waals surface area contributed by atoms with Crippen LogP contribution in [0.25, 0.3) is 17.3 Å². The van der Waals surface area contributed by atoms with E-state index in [9.17, 15) is 4.39 Å². The molecule has 3 nitrogen and oxygen atoms in total. The summed E-state index contributed by atoms with van der Waals surface area (Å²) in [5.74, 6) is -0.297. The summed E-state index contributed by atoms with van der Waals surface area (Å²) in [7, 11) is 0. The van der Waals surface area contributed by atoms with E-state index in [1.165, 1.54) is 31.7 Å². The third kappa shape index (κ3) is 9.13. The van der Waals surface area contributed by atoms with Crippen LogP contribution in [0.15, 0.2) is 66.7 Å². The van der Waals surface area contributed by atoms with E-state index in [2.05, 4.69) is 13.0 Å². The molecule has 0 heterocycles. The Labute approximate surface area is 211 Å². The molecule has 0 aromatic heterocycles. The van der Waals surface area contributed by atoms with Gasteiger partial charge in [0.1, 0.15) is 0 Å². The van der Waals surface area contributed by atoms with Gasteiger partial charge in [-0.05, 0) is 24.1 Å². The first-order valence-corrected chi connectivity index (χ1v) is 10.9. The number of hydrogen-bond acceptors (Lipinski definition) is 2. The number of benzene rings is 3. The van der Waals surface area contributed by atoms with Gasteiger partial charge >= 0.3 is 21.1 Å². The van der Waals surface area contributed by atoms with Gasteiger partial charge in [-0.3, -0.25) is 4.39 Å². The van der Waals surface area contributed by atoms with Crippen LogP contribution in [0.3, 0.4) is 0 Å². The zero-order chi connectivity index (χ0) is 21.8. The molecule has 0 amide bonds. The molecule has 0 bridgehead atoms. The summed E-state index contributed by atoms with van der Waals surface area (Å²) in [6.07, 6.45) is 5.16. The molecule has 0 radical (unpaired) electrons. The smallest absolute Gasteiger partial charge is 0.693 e. The van der Waals surface area contributed by atoms with E-state index in [0.717, 1.165) is 17.7 Å². The van der Waals surface area contributed by atoms with Crippen LogP contribution in [-0.2, 0) is 21.1 Å². The monoisotopic (exact) mass is 625 g/mol. The first kappa shape index (κ1) is 30.4. The molecule has 3 aromatic rings. The maximum absolute atomic E-state index is 14.1. The normalized spacial score (nSPS) is 10.8. The average Bonchev–Trinajstić information content (AvgIpc) is 2.77. The Bertz CT molecular complexity index is 889. The zero-order valence-electron chi connectivity index (χ0n) is 18.6. The van der Waals surface area contributed by atoms with Gasteiger partial charge in [-0.1, -0.05) is 91.9 Å². The Morgan fingerprint density at radius 2 is 1.66 bits per heavy atom. The number of nitrogens with two attached hydrogens (primary N) is 3. The van der Waals surface area contributed by atoms with Crippen molar-refractivity contribution in [1.29, 1.82) is 0 Å². The van der Waals surface area contributed by atoms with E-state index in [-0.39, 0.29) is 39.0 Å². The molecular formula is C26H33ClFN3W. The van der Waals surface area contributed by atoms with E-state index >= 15 is 0 Å². The molecule has 1 unspecified atom stereocenters. The van der Waals surface area contributed by atoms with Crippen LogP contribution in [0.1, 0.15) is 49.7 Å². The minimum atomic E-state index is -0.337. The van der Waals surface area contributed by atoms with Gasteiger partial charge in [-0.15, -0.1) is 29.8 Å². The molecule has 0 aliphatic heterocycles. The van der Waals surface area contributed by atoms with E-state index < -0.39 is 0 Å². The van der Waals surface area contributed by atoms with Crippen molar-refractivity contribution in [3.8, 4) is 11.1 Å². The minimum Gasteiger partial charge on any atom is -0.693 e. The van der Waals surface area contributed by atoms with Crippen LogP contribution in [0.4, 0.5) is 4.39 Å². The SMILES string of the molecule is CCCCCCN.NCC(c1ccccc1)c1ccc(Cl)c(-c2[c-]cccc2F)c1.[NH2-].[W+2]. The van der Waals surface area contributed by atoms with Crippen molar-refractivity contribution < 1.29 is 25.5 Å². The summed E-state index contributed by atoms with van der Waals surface area (Å²) in [6, 6.07) is 23.3. The van der Waals surface area contributed by atoms with Gasteiger partial charge in [-0.25, -0.2) is 0 Å². The Kier molecular flexibility index (Phi) is 16.2. The van der Waals surface area contributed by atoms with Crippen molar-refractivity contribution in [2.45, 2.75) is 38.5 Å². The Balaban J connectivity index is 0.000000936. The molecule has 0 spiro atoms. The van der Waals surface area contributed by atoms with Gasteiger partial charge in [0.05, 0.1) is 0 Å². The summed E-state index contributed by atoms with van der Waals surface area (Å²) < 4.78 is 14.1. The first-order chi connectivity index (χ1) is 14.6. The number of halogens is 2. The average molecular weight is 626 g/mol. The van der Waals surface area contributed by atoms with Crippen molar-refractivity contribution in [1.82, 2.24) is 0 Å². The quantitative estimate of drug-likeness (QED) is 0.204. The van der Waals surface area contributed by atoms with Gasteiger partial charge in [0, 0.05) is 23.3 Å². The van der Waals surface area contributed by atoms with Crippen LogP contribution >= 0.6 is 11.6 Å². The molecule has 3 rings (SSSR count). The van der Waals surface area contributed by atoms with Crippen molar-refractivity contribution in [2.24, 2.45) is 11.5 Å². The van der Waals surface area contributed by atoms with Crippen LogP contribution in [0.5, 0.6) is 0 Å². The third-order valence-corrected chi connectivity index (χ3v) is 5.29. The van der Waals surface area contributed by atoms with Gasteiger partial charge in [-0.2, -0.15) is 0 Å². The van der Waals surface area contributed by atoms with Crippen molar-refractivity contribution in [3.63, 3.8) is 0 Å².